The van der Waals surface area contributed by atoms with E-state index < -0.39 is 0 Å². The molecular formula is C13H26N2O. The quantitative estimate of drug-likeness (QED) is 0.715. The Kier molecular flexibility index (Phi) is 3.57. The lowest BCUT2D eigenvalue weighted by molar-refractivity contribution is -0.0726. The number of aliphatic hydroxyl groups excluding tert-OH is 1. The Balaban J connectivity index is 1.64. The van der Waals surface area contributed by atoms with Crippen molar-refractivity contribution < 1.29 is 5.11 Å². The van der Waals surface area contributed by atoms with Crippen LogP contribution in [0.25, 0.3) is 0 Å². The summed E-state index contributed by atoms with van der Waals surface area (Å²) in [7, 11) is 0. The van der Waals surface area contributed by atoms with Crippen molar-refractivity contribution in [1.29, 1.82) is 0 Å². The number of aliphatic hydroxyl groups is 1. The average Bonchev–Trinajstić information content (AvgIpc) is 3.06. The minimum absolute atomic E-state index is 0.0661. The van der Waals surface area contributed by atoms with Crippen LogP contribution < -0.4 is 5.32 Å². The van der Waals surface area contributed by atoms with Crippen LogP contribution in [0.5, 0.6) is 0 Å². The predicted octanol–water partition coefficient (Wildman–Crippen LogP) is 1.22. The van der Waals surface area contributed by atoms with Gasteiger partial charge in [-0.2, -0.15) is 0 Å². The monoisotopic (exact) mass is 226 g/mol. The molecule has 0 aromatic heterocycles. The third-order valence-corrected chi connectivity index (χ3v) is 4.48. The maximum absolute atomic E-state index is 9.65. The van der Waals surface area contributed by atoms with E-state index in [2.05, 4.69) is 31.0 Å². The van der Waals surface area contributed by atoms with Gasteiger partial charge in [0, 0.05) is 30.6 Å². The van der Waals surface area contributed by atoms with Gasteiger partial charge in [0.15, 0.2) is 0 Å². The van der Waals surface area contributed by atoms with E-state index in [0.717, 1.165) is 25.6 Å². The van der Waals surface area contributed by atoms with Crippen molar-refractivity contribution in [3.63, 3.8) is 0 Å². The zero-order valence-electron chi connectivity index (χ0n) is 10.9. The first-order valence-electron chi connectivity index (χ1n) is 6.71. The van der Waals surface area contributed by atoms with Crippen molar-refractivity contribution in [3.8, 4) is 0 Å². The molecule has 0 aromatic rings. The van der Waals surface area contributed by atoms with E-state index in [4.69, 9.17) is 0 Å². The van der Waals surface area contributed by atoms with Crippen molar-refractivity contribution in [2.45, 2.75) is 58.2 Å². The molecule has 0 radical (unpaired) electrons. The van der Waals surface area contributed by atoms with Gasteiger partial charge in [-0.25, -0.2) is 0 Å². The summed E-state index contributed by atoms with van der Waals surface area (Å²) in [6.07, 6.45) is 3.58. The Morgan fingerprint density at radius 3 is 2.50 bits per heavy atom. The number of rotatable bonds is 6. The van der Waals surface area contributed by atoms with Crippen molar-refractivity contribution >= 4 is 0 Å². The van der Waals surface area contributed by atoms with Crippen LogP contribution in [0.4, 0.5) is 0 Å². The summed E-state index contributed by atoms with van der Waals surface area (Å²) < 4.78 is 0. The van der Waals surface area contributed by atoms with Crippen LogP contribution in [0.3, 0.4) is 0 Å². The highest BCUT2D eigenvalue weighted by molar-refractivity contribution is 5.01. The van der Waals surface area contributed by atoms with Crippen LogP contribution in [-0.2, 0) is 0 Å². The van der Waals surface area contributed by atoms with Crippen LogP contribution in [0.2, 0.25) is 0 Å². The largest absolute Gasteiger partial charge is 0.392 e. The van der Waals surface area contributed by atoms with Crippen LogP contribution in [0.1, 0.15) is 40.0 Å². The number of nitrogens with zero attached hydrogens (tertiary/aromatic N) is 1. The van der Waals surface area contributed by atoms with Gasteiger partial charge in [-0.15, -0.1) is 0 Å². The smallest absolute Gasteiger partial charge is 0.0621 e. The summed E-state index contributed by atoms with van der Waals surface area (Å²) in [5.41, 5.74) is 0.0661. The molecule has 0 spiro atoms. The zero-order valence-corrected chi connectivity index (χ0v) is 10.9. The van der Waals surface area contributed by atoms with E-state index in [1.54, 1.807) is 0 Å². The number of likely N-dealkylation sites (N-methyl/N-ethyl adjacent to an activating group) is 1. The normalized spacial score (nSPS) is 32.8. The molecule has 2 aliphatic rings. The predicted molar refractivity (Wildman–Crippen MR) is 66.5 cm³/mol. The molecular weight excluding hydrogens is 200 g/mol. The molecule has 2 aliphatic carbocycles. The van der Waals surface area contributed by atoms with E-state index >= 15 is 0 Å². The second-order valence-corrected chi connectivity index (χ2v) is 5.94. The standard InChI is InChI=1S/C13H26N2O/c1-4-15(10-5-6-10)8-7-14-11-9-12(16)13(11,2)3/h10-12,14,16H,4-9H2,1-3H3. The van der Waals surface area contributed by atoms with E-state index in [0.29, 0.717) is 6.04 Å². The highest BCUT2D eigenvalue weighted by atomic mass is 16.3. The Bertz CT molecular complexity index is 238. The number of nitrogens with one attached hydrogen (secondary N) is 1. The fourth-order valence-electron chi connectivity index (χ4n) is 2.67. The molecule has 0 aromatic carbocycles. The molecule has 0 heterocycles. The van der Waals surface area contributed by atoms with Gasteiger partial charge in [0.05, 0.1) is 6.10 Å². The molecule has 0 aliphatic heterocycles. The van der Waals surface area contributed by atoms with Crippen LogP contribution in [0, 0.1) is 5.41 Å². The first-order chi connectivity index (χ1) is 7.55. The summed E-state index contributed by atoms with van der Waals surface area (Å²) >= 11 is 0. The van der Waals surface area contributed by atoms with Crippen molar-refractivity contribution in [2.24, 2.45) is 5.41 Å². The summed E-state index contributed by atoms with van der Waals surface area (Å²) in [5, 5.41) is 13.2. The molecule has 0 saturated heterocycles. The van der Waals surface area contributed by atoms with Gasteiger partial charge in [-0.3, -0.25) is 4.90 Å². The van der Waals surface area contributed by atoms with E-state index in [1.165, 1.54) is 19.4 Å². The van der Waals surface area contributed by atoms with Crippen LogP contribution in [-0.4, -0.2) is 47.8 Å². The lowest BCUT2D eigenvalue weighted by Crippen LogP contribution is -2.60. The van der Waals surface area contributed by atoms with E-state index in [9.17, 15) is 5.11 Å². The second-order valence-electron chi connectivity index (χ2n) is 5.94. The molecule has 2 saturated carbocycles. The maximum atomic E-state index is 9.65. The van der Waals surface area contributed by atoms with Gasteiger partial charge in [-0.05, 0) is 25.8 Å². The first kappa shape index (κ1) is 12.3. The first-order valence-corrected chi connectivity index (χ1v) is 6.71. The van der Waals surface area contributed by atoms with Crippen molar-refractivity contribution in [1.82, 2.24) is 10.2 Å². The SMILES string of the molecule is CCN(CCNC1CC(O)C1(C)C)C1CC1. The van der Waals surface area contributed by atoms with Gasteiger partial charge < -0.3 is 10.4 Å². The molecule has 16 heavy (non-hydrogen) atoms. The molecule has 2 atom stereocenters. The van der Waals surface area contributed by atoms with Gasteiger partial charge in [-0.1, -0.05) is 20.8 Å². The minimum atomic E-state index is -0.115. The fraction of sp³-hybridized carbons (Fsp3) is 1.00. The molecule has 3 heteroatoms. The zero-order chi connectivity index (χ0) is 11.8. The third kappa shape index (κ3) is 2.41. The molecule has 2 fully saturated rings. The number of hydrogen-bond donors (Lipinski definition) is 2. The van der Waals surface area contributed by atoms with Crippen LogP contribution in [0.15, 0.2) is 0 Å². The Morgan fingerprint density at radius 2 is 2.06 bits per heavy atom. The summed E-state index contributed by atoms with van der Waals surface area (Å²) in [6, 6.07) is 1.37. The Labute approximate surface area is 99.2 Å². The van der Waals surface area contributed by atoms with Gasteiger partial charge in [0.2, 0.25) is 0 Å². The van der Waals surface area contributed by atoms with Gasteiger partial charge in [0.25, 0.3) is 0 Å². The molecule has 2 N–H and O–H groups in total. The molecule has 94 valence electrons. The van der Waals surface area contributed by atoms with Crippen molar-refractivity contribution in [3.05, 3.63) is 0 Å². The molecule has 0 amide bonds. The molecule has 3 nitrogen and oxygen atoms in total. The van der Waals surface area contributed by atoms with Crippen LogP contribution >= 0.6 is 0 Å². The topological polar surface area (TPSA) is 35.5 Å². The lowest BCUT2D eigenvalue weighted by atomic mass is 9.64. The number of hydrogen-bond acceptors (Lipinski definition) is 3. The summed E-state index contributed by atoms with van der Waals surface area (Å²) in [6.45, 7) is 9.93. The minimum Gasteiger partial charge on any atom is -0.392 e. The highest BCUT2D eigenvalue weighted by Gasteiger charge is 2.46. The maximum Gasteiger partial charge on any atom is 0.0621 e. The van der Waals surface area contributed by atoms with Crippen molar-refractivity contribution in [2.75, 3.05) is 19.6 Å². The van der Waals surface area contributed by atoms with Gasteiger partial charge in [0.1, 0.15) is 0 Å². The Hall–Kier alpha value is -0.120. The molecule has 0 bridgehead atoms. The van der Waals surface area contributed by atoms with E-state index in [1.807, 2.05) is 0 Å². The second kappa shape index (κ2) is 4.63. The molecule has 2 rings (SSSR count). The fourth-order valence-corrected chi connectivity index (χ4v) is 2.67. The third-order valence-electron chi connectivity index (χ3n) is 4.48. The molecule has 2 unspecified atom stereocenters. The Morgan fingerprint density at radius 1 is 1.38 bits per heavy atom. The summed E-state index contributed by atoms with van der Waals surface area (Å²) in [4.78, 5) is 2.56. The highest BCUT2D eigenvalue weighted by Crippen LogP contribution is 2.40. The average molecular weight is 226 g/mol. The summed E-state index contributed by atoms with van der Waals surface area (Å²) in [5.74, 6) is 0. The van der Waals surface area contributed by atoms with Gasteiger partial charge >= 0.3 is 0 Å². The van der Waals surface area contributed by atoms with E-state index in [-0.39, 0.29) is 11.5 Å². The lowest BCUT2D eigenvalue weighted by Gasteiger charge is -2.49.